The number of rotatable bonds is 4. The van der Waals surface area contributed by atoms with Crippen LogP contribution < -0.4 is 15.6 Å². The van der Waals surface area contributed by atoms with Crippen molar-refractivity contribution >= 4 is 46.6 Å². The van der Waals surface area contributed by atoms with Crippen molar-refractivity contribution in [3.63, 3.8) is 0 Å². The number of carbonyl (C=O) groups is 1. The number of H-pyrrole nitrogens is 1. The first kappa shape index (κ1) is 15.9. The van der Waals surface area contributed by atoms with Crippen LogP contribution in [-0.4, -0.2) is 16.4 Å². The SMILES string of the molecule is CC(Sc1c(=O)o[nH][n+]1C)C(=O)Nc1ccc(Cl)cc1Cl. The van der Waals surface area contributed by atoms with Gasteiger partial charge in [-0.15, -0.1) is 0 Å². The number of halogens is 2. The van der Waals surface area contributed by atoms with E-state index in [0.29, 0.717) is 20.8 Å². The Morgan fingerprint density at radius 2 is 2.19 bits per heavy atom. The topological polar surface area (TPSA) is 79.0 Å². The van der Waals surface area contributed by atoms with Gasteiger partial charge < -0.3 is 5.32 Å². The molecule has 112 valence electrons. The number of thioether (sulfide) groups is 1. The fourth-order valence-corrected chi connectivity index (χ4v) is 2.80. The molecule has 0 bridgehead atoms. The zero-order valence-electron chi connectivity index (χ0n) is 11.1. The van der Waals surface area contributed by atoms with Gasteiger partial charge in [-0.1, -0.05) is 27.9 Å². The summed E-state index contributed by atoms with van der Waals surface area (Å²) in [5, 5.41) is 5.70. The van der Waals surface area contributed by atoms with Crippen molar-refractivity contribution in [2.24, 2.45) is 7.05 Å². The Balaban J connectivity index is 2.08. The standard InChI is InChI=1S/C12H11Cl2N3O3S/c1-6(21-11-12(19)20-16-17(11)2)10(18)15-9-4-3-7(13)5-8(9)14/h3-6H,1-2H3,(H-,15,16,18,19)/p+1. The summed E-state index contributed by atoms with van der Waals surface area (Å²) in [5.41, 5.74) is -0.0596. The van der Waals surface area contributed by atoms with E-state index in [1.54, 1.807) is 26.1 Å². The van der Waals surface area contributed by atoms with Gasteiger partial charge in [0.1, 0.15) is 0 Å². The zero-order chi connectivity index (χ0) is 15.6. The molecule has 1 aromatic carbocycles. The van der Waals surface area contributed by atoms with Crippen molar-refractivity contribution < 1.29 is 14.0 Å². The average molecular weight is 349 g/mol. The molecule has 21 heavy (non-hydrogen) atoms. The van der Waals surface area contributed by atoms with Crippen LogP contribution in [-0.2, 0) is 11.8 Å². The fourth-order valence-electron chi connectivity index (χ4n) is 1.51. The predicted molar refractivity (Wildman–Crippen MR) is 80.9 cm³/mol. The van der Waals surface area contributed by atoms with E-state index in [-0.39, 0.29) is 5.91 Å². The van der Waals surface area contributed by atoms with Crippen LogP contribution in [0, 0.1) is 0 Å². The zero-order valence-corrected chi connectivity index (χ0v) is 13.5. The molecule has 0 aliphatic heterocycles. The predicted octanol–water partition coefficient (Wildman–Crippen LogP) is 2.22. The molecule has 0 aliphatic carbocycles. The van der Waals surface area contributed by atoms with Crippen molar-refractivity contribution in [3.05, 3.63) is 38.7 Å². The van der Waals surface area contributed by atoms with Crippen LogP contribution in [0.5, 0.6) is 0 Å². The van der Waals surface area contributed by atoms with E-state index in [1.807, 2.05) is 0 Å². The molecule has 2 aromatic rings. The molecular formula is C12H12Cl2N3O3S+. The van der Waals surface area contributed by atoms with Gasteiger partial charge in [0.2, 0.25) is 5.91 Å². The van der Waals surface area contributed by atoms with Crippen LogP contribution in [0.15, 0.2) is 32.5 Å². The van der Waals surface area contributed by atoms with E-state index in [0.717, 1.165) is 11.8 Å². The third-order valence-corrected chi connectivity index (χ3v) is 4.38. The Hall–Kier alpha value is -1.44. The molecule has 0 saturated carbocycles. The smallest absolute Gasteiger partial charge is 0.324 e. The van der Waals surface area contributed by atoms with Crippen molar-refractivity contribution in [3.8, 4) is 0 Å². The molecule has 1 heterocycles. The van der Waals surface area contributed by atoms with Gasteiger partial charge in [-0.2, -0.15) is 0 Å². The Bertz CT molecular complexity index is 729. The second-order valence-electron chi connectivity index (χ2n) is 4.22. The molecular weight excluding hydrogens is 337 g/mol. The van der Waals surface area contributed by atoms with Crippen molar-refractivity contribution in [2.45, 2.75) is 17.2 Å². The van der Waals surface area contributed by atoms with Crippen LogP contribution in [0.25, 0.3) is 0 Å². The van der Waals surface area contributed by atoms with Crippen molar-refractivity contribution in [1.29, 1.82) is 0 Å². The molecule has 1 atom stereocenters. The molecule has 0 saturated heterocycles. The number of amides is 1. The molecule has 1 unspecified atom stereocenters. The van der Waals surface area contributed by atoms with E-state index in [1.165, 1.54) is 10.7 Å². The van der Waals surface area contributed by atoms with E-state index in [2.05, 4.69) is 15.1 Å². The van der Waals surface area contributed by atoms with Gasteiger partial charge in [-0.25, -0.2) is 4.79 Å². The first-order valence-electron chi connectivity index (χ1n) is 5.88. The van der Waals surface area contributed by atoms with Crippen LogP contribution in [0.2, 0.25) is 10.0 Å². The highest BCUT2D eigenvalue weighted by molar-refractivity contribution is 8.00. The maximum absolute atomic E-state index is 12.1. The van der Waals surface area contributed by atoms with Gasteiger partial charge >= 0.3 is 10.7 Å². The monoisotopic (exact) mass is 348 g/mol. The largest absolute Gasteiger partial charge is 0.441 e. The van der Waals surface area contributed by atoms with Crippen LogP contribution in [0.4, 0.5) is 5.69 Å². The van der Waals surface area contributed by atoms with Crippen LogP contribution in [0.1, 0.15) is 6.92 Å². The lowest BCUT2D eigenvalue weighted by Gasteiger charge is -2.10. The lowest BCUT2D eigenvalue weighted by Crippen LogP contribution is -2.35. The molecule has 6 nitrogen and oxygen atoms in total. The van der Waals surface area contributed by atoms with Gasteiger partial charge in [-0.3, -0.25) is 9.32 Å². The molecule has 0 radical (unpaired) electrons. The number of hydrogen-bond donors (Lipinski definition) is 2. The van der Waals surface area contributed by atoms with Gasteiger partial charge in [0, 0.05) is 5.02 Å². The van der Waals surface area contributed by atoms with E-state index in [9.17, 15) is 9.59 Å². The summed E-state index contributed by atoms with van der Waals surface area (Å²) >= 11 is 12.9. The number of aryl methyl sites for hydroxylation is 1. The summed E-state index contributed by atoms with van der Waals surface area (Å²) in [7, 11) is 1.62. The molecule has 2 N–H and O–H groups in total. The summed E-state index contributed by atoms with van der Waals surface area (Å²) in [6, 6.07) is 4.78. The minimum atomic E-state index is -0.522. The van der Waals surface area contributed by atoms with Gasteiger partial charge in [0.05, 0.1) is 16.0 Å². The number of carbonyl (C=O) groups excluding carboxylic acids is 1. The number of aromatic amines is 1. The molecule has 9 heteroatoms. The molecule has 1 amide bonds. The molecule has 2 rings (SSSR count). The number of nitrogens with one attached hydrogen (secondary N) is 2. The van der Waals surface area contributed by atoms with Gasteiger partial charge in [0.15, 0.2) is 7.05 Å². The lowest BCUT2D eigenvalue weighted by atomic mass is 10.3. The van der Waals surface area contributed by atoms with Crippen molar-refractivity contribution in [2.75, 3.05) is 5.32 Å². The molecule has 1 aromatic heterocycles. The Labute approximate surface area is 134 Å². The summed E-state index contributed by atoms with van der Waals surface area (Å²) < 4.78 is 6.03. The Morgan fingerprint density at radius 1 is 1.48 bits per heavy atom. The highest BCUT2D eigenvalue weighted by atomic mass is 35.5. The minimum absolute atomic E-state index is 0.287. The fraction of sp³-hybridized carbons (Fsp3) is 0.250. The van der Waals surface area contributed by atoms with Crippen LogP contribution in [0.3, 0.4) is 0 Å². The van der Waals surface area contributed by atoms with Crippen LogP contribution >= 0.6 is 35.0 Å². The quantitative estimate of drug-likeness (QED) is 0.655. The lowest BCUT2D eigenvalue weighted by molar-refractivity contribution is -0.772. The Morgan fingerprint density at radius 3 is 2.76 bits per heavy atom. The van der Waals surface area contributed by atoms with Gasteiger partial charge in [0.25, 0.3) is 0 Å². The normalized spacial score (nSPS) is 12.2. The molecule has 0 fully saturated rings. The maximum atomic E-state index is 12.1. The maximum Gasteiger partial charge on any atom is 0.441 e. The third kappa shape index (κ3) is 3.81. The molecule has 0 spiro atoms. The first-order valence-corrected chi connectivity index (χ1v) is 7.52. The first-order chi connectivity index (χ1) is 9.88. The van der Waals surface area contributed by atoms with E-state index >= 15 is 0 Å². The second kappa shape index (κ2) is 6.55. The van der Waals surface area contributed by atoms with E-state index in [4.69, 9.17) is 23.2 Å². The van der Waals surface area contributed by atoms with Crippen molar-refractivity contribution in [1.82, 2.24) is 5.27 Å². The average Bonchev–Trinajstić information content (AvgIpc) is 2.73. The summed E-state index contributed by atoms with van der Waals surface area (Å²) in [5.74, 6) is -0.287. The number of aromatic nitrogens is 2. The number of anilines is 1. The number of nitrogens with zero attached hydrogens (tertiary/aromatic N) is 1. The second-order valence-corrected chi connectivity index (χ2v) is 6.39. The summed E-state index contributed by atoms with van der Waals surface area (Å²) in [4.78, 5) is 23.6. The van der Waals surface area contributed by atoms with Gasteiger partial charge in [-0.05, 0) is 42.2 Å². The Kier molecular flexibility index (Phi) is 4.97. The highest BCUT2D eigenvalue weighted by Crippen LogP contribution is 2.26. The summed E-state index contributed by atoms with van der Waals surface area (Å²) in [6.45, 7) is 1.68. The number of benzene rings is 1. The third-order valence-electron chi connectivity index (χ3n) is 2.60. The van der Waals surface area contributed by atoms with E-state index < -0.39 is 10.9 Å². The molecule has 0 aliphatic rings. The summed E-state index contributed by atoms with van der Waals surface area (Å²) in [6.07, 6.45) is 0. The number of hydrogen-bond acceptors (Lipinski definition) is 4. The highest BCUT2D eigenvalue weighted by Gasteiger charge is 2.25. The minimum Gasteiger partial charge on any atom is -0.324 e.